The lowest BCUT2D eigenvalue weighted by molar-refractivity contribution is 0.476. The number of aryl methyl sites for hydroxylation is 1. The Bertz CT molecular complexity index is 613. The fourth-order valence-electron chi connectivity index (χ4n) is 1.92. The van der Waals surface area contributed by atoms with E-state index in [4.69, 9.17) is 22.1 Å². The van der Waals surface area contributed by atoms with Gasteiger partial charge in [-0.05, 0) is 49.6 Å². The number of rotatable bonds is 4. The molecule has 0 spiro atoms. The van der Waals surface area contributed by atoms with Gasteiger partial charge in [0.1, 0.15) is 17.3 Å². The van der Waals surface area contributed by atoms with Gasteiger partial charge in [-0.2, -0.15) is 0 Å². The van der Waals surface area contributed by atoms with Crippen molar-refractivity contribution >= 4 is 11.6 Å². The van der Waals surface area contributed by atoms with Gasteiger partial charge in [-0.25, -0.2) is 4.39 Å². The van der Waals surface area contributed by atoms with Gasteiger partial charge in [-0.1, -0.05) is 23.7 Å². The SMILES string of the molecule is Cc1ccc(CC(C)N)cc1Oc1ccc(F)c(Cl)c1. The Labute approximate surface area is 123 Å². The molecular formula is C16H17ClFNO. The minimum Gasteiger partial charge on any atom is -0.457 e. The Morgan fingerprint density at radius 3 is 2.65 bits per heavy atom. The summed E-state index contributed by atoms with van der Waals surface area (Å²) in [7, 11) is 0. The second-order valence-electron chi connectivity index (χ2n) is 4.96. The van der Waals surface area contributed by atoms with Crippen LogP contribution in [-0.4, -0.2) is 6.04 Å². The lowest BCUT2D eigenvalue weighted by Gasteiger charge is -2.12. The van der Waals surface area contributed by atoms with E-state index in [-0.39, 0.29) is 11.1 Å². The third-order valence-electron chi connectivity index (χ3n) is 2.93. The molecule has 0 heterocycles. The van der Waals surface area contributed by atoms with Crippen LogP contribution in [0.4, 0.5) is 4.39 Å². The van der Waals surface area contributed by atoms with E-state index in [1.165, 1.54) is 12.1 Å². The van der Waals surface area contributed by atoms with Gasteiger partial charge in [0.2, 0.25) is 0 Å². The lowest BCUT2D eigenvalue weighted by Crippen LogP contribution is -2.17. The largest absolute Gasteiger partial charge is 0.457 e. The van der Waals surface area contributed by atoms with Crippen LogP contribution in [0.15, 0.2) is 36.4 Å². The molecule has 0 radical (unpaired) electrons. The number of ether oxygens (including phenoxy) is 1. The van der Waals surface area contributed by atoms with E-state index >= 15 is 0 Å². The van der Waals surface area contributed by atoms with Crippen molar-refractivity contribution in [3.05, 3.63) is 58.4 Å². The molecular weight excluding hydrogens is 277 g/mol. The monoisotopic (exact) mass is 293 g/mol. The zero-order chi connectivity index (χ0) is 14.7. The Balaban J connectivity index is 2.25. The predicted molar refractivity (Wildman–Crippen MR) is 80.0 cm³/mol. The molecule has 0 saturated carbocycles. The molecule has 20 heavy (non-hydrogen) atoms. The molecule has 0 fully saturated rings. The van der Waals surface area contributed by atoms with E-state index in [1.807, 2.05) is 32.0 Å². The van der Waals surface area contributed by atoms with Crippen LogP contribution in [-0.2, 0) is 6.42 Å². The van der Waals surface area contributed by atoms with Gasteiger partial charge in [-0.15, -0.1) is 0 Å². The fourth-order valence-corrected chi connectivity index (χ4v) is 2.09. The number of halogens is 2. The van der Waals surface area contributed by atoms with Crippen LogP contribution in [0, 0.1) is 12.7 Å². The standard InChI is InChI=1S/C16H17ClFNO/c1-10-3-4-12(7-11(2)19)8-16(10)20-13-5-6-15(18)14(17)9-13/h3-6,8-9,11H,7,19H2,1-2H3. The van der Waals surface area contributed by atoms with Gasteiger partial charge in [-0.3, -0.25) is 0 Å². The van der Waals surface area contributed by atoms with Gasteiger partial charge in [0.25, 0.3) is 0 Å². The van der Waals surface area contributed by atoms with Crippen LogP contribution in [0.5, 0.6) is 11.5 Å². The smallest absolute Gasteiger partial charge is 0.142 e. The maximum Gasteiger partial charge on any atom is 0.142 e. The molecule has 2 rings (SSSR count). The van der Waals surface area contributed by atoms with Gasteiger partial charge in [0, 0.05) is 12.1 Å². The molecule has 0 aliphatic heterocycles. The van der Waals surface area contributed by atoms with Gasteiger partial charge < -0.3 is 10.5 Å². The third-order valence-corrected chi connectivity index (χ3v) is 3.22. The predicted octanol–water partition coefficient (Wildman–Crippen LogP) is 4.47. The molecule has 0 saturated heterocycles. The zero-order valence-electron chi connectivity index (χ0n) is 11.5. The van der Waals surface area contributed by atoms with Crippen LogP contribution in [0.1, 0.15) is 18.1 Å². The van der Waals surface area contributed by atoms with Crippen LogP contribution in [0.3, 0.4) is 0 Å². The summed E-state index contributed by atoms with van der Waals surface area (Å²) in [6, 6.07) is 10.4. The minimum atomic E-state index is -0.457. The molecule has 2 aromatic rings. The van der Waals surface area contributed by atoms with E-state index in [0.717, 1.165) is 23.3 Å². The maximum absolute atomic E-state index is 13.1. The first kappa shape index (κ1) is 14.8. The Morgan fingerprint density at radius 2 is 2.00 bits per heavy atom. The van der Waals surface area contributed by atoms with E-state index in [2.05, 4.69) is 0 Å². The van der Waals surface area contributed by atoms with E-state index in [1.54, 1.807) is 6.07 Å². The first-order chi connectivity index (χ1) is 9.45. The van der Waals surface area contributed by atoms with E-state index in [9.17, 15) is 4.39 Å². The first-order valence-corrected chi connectivity index (χ1v) is 6.81. The van der Waals surface area contributed by atoms with Crippen LogP contribution >= 0.6 is 11.6 Å². The molecule has 0 aliphatic carbocycles. The summed E-state index contributed by atoms with van der Waals surface area (Å²) >= 11 is 5.75. The quantitative estimate of drug-likeness (QED) is 0.902. The van der Waals surface area contributed by atoms with Gasteiger partial charge in [0.15, 0.2) is 0 Å². The highest BCUT2D eigenvalue weighted by molar-refractivity contribution is 6.30. The summed E-state index contributed by atoms with van der Waals surface area (Å²) in [5, 5.41) is 0.0480. The van der Waals surface area contributed by atoms with Crippen molar-refractivity contribution in [2.75, 3.05) is 0 Å². The summed E-state index contributed by atoms with van der Waals surface area (Å²) in [5.41, 5.74) is 7.91. The molecule has 1 atom stereocenters. The van der Waals surface area contributed by atoms with E-state index in [0.29, 0.717) is 5.75 Å². The van der Waals surface area contributed by atoms with E-state index < -0.39 is 5.82 Å². The Morgan fingerprint density at radius 1 is 1.25 bits per heavy atom. The molecule has 106 valence electrons. The van der Waals surface area contributed by atoms with Crippen molar-refractivity contribution in [2.45, 2.75) is 26.3 Å². The summed E-state index contributed by atoms with van der Waals surface area (Å²) < 4.78 is 18.9. The molecule has 0 aliphatic rings. The summed E-state index contributed by atoms with van der Waals surface area (Å²) in [6.07, 6.45) is 0.779. The lowest BCUT2D eigenvalue weighted by atomic mass is 10.1. The van der Waals surface area contributed by atoms with Gasteiger partial charge >= 0.3 is 0 Å². The topological polar surface area (TPSA) is 35.2 Å². The highest BCUT2D eigenvalue weighted by atomic mass is 35.5. The number of hydrogen-bond acceptors (Lipinski definition) is 2. The molecule has 2 N–H and O–H groups in total. The second kappa shape index (κ2) is 6.25. The number of benzene rings is 2. The minimum absolute atomic E-state index is 0.0480. The molecule has 1 unspecified atom stereocenters. The average molecular weight is 294 g/mol. The molecule has 4 heteroatoms. The van der Waals surface area contributed by atoms with Crippen molar-refractivity contribution in [1.29, 1.82) is 0 Å². The van der Waals surface area contributed by atoms with Crippen LogP contribution in [0.2, 0.25) is 5.02 Å². The fraction of sp³-hybridized carbons (Fsp3) is 0.250. The normalized spacial score (nSPS) is 12.2. The number of nitrogens with two attached hydrogens (primary N) is 1. The second-order valence-corrected chi connectivity index (χ2v) is 5.37. The Hall–Kier alpha value is -1.58. The van der Waals surface area contributed by atoms with Crippen LogP contribution in [0.25, 0.3) is 0 Å². The highest BCUT2D eigenvalue weighted by Crippen LogP contribution is 2.29. The molecule has 0 bridgehead atoms. The van der Waals surface area contributed by atoms with Crippen molar-refractivity contribution in [3.63, 3.8) is 0 Å². The summed E-state index contributed by atoms with van der Waals surface area (Å²) in [5.74, 6) is 0.782. The maximum atomic E-state index is 13.1. The first-order valence-electron chi connectivity index (χ1n) is 6.43. The zero-order valence-corrected chi connectivity index (χ0v) is 12.2. The molecule has 2 aromatic carbocycles. The van der Waals surface area contributed by atoms with Crippen molar-refractivity contribution in [3.8, 4) is 11.5 Å². The van der Waals surface area contributed by atoms with Crippen molar-refractivity contribution in [2.24, 2.45) is 5.73 Å². The molecule has 0 aromatic heterocycles. The number of hydrogen-bond donors (Lipinski definition) is 1. The summed E-state index contributed by atoms with van der Waals surface area (Å²) in [6.45, 7) is 3.91. The summed E-state index contributed by atoms with van der Waals surface area (Å²) in [4.78, 5) is 0. The molecule has 2 nitrogen and oxygen atoms in total. The van der Waals surface area contributed by atoms with Gasteiger partial charge in [0.05, 0.1) is 5.02 Å². The molecule has 0 amide bonds. The highest BCUT2D eigenvalue weighted by Gasteiger charge is 2.07. The average Bonchev–Trinajstić information content (AvgIpc) is 2.37. The Kier molecular flexibility index (Phi) is 4.63. The van der Waals surface area contributed by atoms with Crippen molar-refractivity contribution < 1.29 is 9.13 Å². The third kappa shape index (κ3) is 3.71. The van der Waals surface area contributed by atoms with Crippen molar-refractivity contribution in [1.82, 2.24) is 0 Å². The van der Waals surface area contributed by atoms with Crippen LogP contribution < -0.4 is 10.5 Å².